The lowest BCUT2D eigenvalue weighted by Gasteiger charge is -2.17. The molecular formula is C9H10BrClFNO3S. The first kappa shape index (κ1) is 14.8. The molecule has 1 aromatic rings. The van der Waals surface area contributed by atoms with E-state index >= 15 is 0 Å². The molecule has 0 bridgehead atoms. The first-order valence-electron chi connectivity index (χ1n) is 4.52. The molecule has 0 saturated carbocycles. The summed E-state index contributed by atoms with van der Waals surface area (Å²) in [5, 5.41) is 8.51. The van der Waals surface area contributed by atoms with Crippen LogP contribution < -0.4 is 0 Å². The van der Waals surface area contributed by atoms with Crippen molar-refractivity contribution in [3.05, 3.63) is 27.4 Å². The molecule has 0 radical (unpaired) electrons. The fourth-order valence-electron chi connectivity index (χ4n) is 1.19. The Labute approximate surface area is 112 Å². The lowest BCUT2D eigenvalue weighted by molar-refractivity contribution is 0.266. The number of aliphatic hydroxyl groups excluding tert-OH is 1. The van der Waals surface area contributed by atoms with Crippen molar-refractivity contribution in [3.8, 4) is 0 Å². The summed E-state index contributed by atoms with van der Waals surface area (Å²) in [5.74, 6) is -0.634. The number of rotatable bonds is 4. The van der Waals surface area contributed by atoms with Gasteiger partial charge in [-0.2, -0.15) is 4.31 Å². The summed E-state index contributed by atoms with van der Waals surface area (Å²) in [4.78, 5) is -0.212. The Morgan fingerprint density at radius 2 is 2.12 bits per heavy atom. The monoisotopic (exact) mass is 345 g/mol. The Bertz CT molecular complexity index is 500. The van der Waals surface area contributed by atoms with E-state index < -0.39 is 15.8 Å². The summed E-state index contributed by atoms with van der Waals surface area (Å²) < 4.78 is 38.1. The number of hydrogen-bond donors (Lipinski definition) is 1. The maximum Gasteiger partial charge on any atom is 0.245 e. The van der Waals surface area contributed by atoms with E-state index in [1.54, 1.807) is 0 Å². The van der Waals surface area contributed by atoms with Crippen molar-refractivity contribution in [1.82, 2.24) is 4.31 Å². The van der Waals surface area contributed by atoms with Gasteiger partial charge >= 0.3 is 0 Å². The van der Waals surface area contributed by atoms with E-state index in [0.29, 0.717) is 0 Å². The molecule has 0 aliphatic carbocycles. The van der Waals surface area contributed by atoms with Crippen LogP contribution in [0.4, 0.5) is 4.39 Å². The van der Waals surface area contributed by atoms with Crippen LogP contribution in [0.5, 0.6) is 0 Å². The summed E-state index contributed by atoms with van der Waals surface area (Å²) in [6, 6.07) is 1.94. The number of sulfonamides is 1. The van der Waals surface area contributed by atoms with Crippen molar-refractivity contribution in [1.29, 1.82) is 0 Å². The van der Waals surface area contributed by atoms with Gasteiger partial charge in [0.25, 0.3) is 0 Å². The van der Waals surface area contributed by atoms with Crippen LogP contribution in [0, 0.1) is 5.82 Å². The van der Waals surface area contributed by atoms with E-state index in [9.17, 15) is 12.8 Å². The molecule has 0 atom stereocenters. The molecule has 0 aromatic heterocycles. The lowest BCUT2D eigenvalue weighted by atomic mass is 10.3. The molecule has 0 fully saturated rings. The molecule has 0 aliphatic heterocycles. The molecule has 0 aliphatic rings. The van der Waals surface area contributed by atoms with Crippen LogP contribution in [-0.4, -0.2) is 38.0 Å². The third-order valence-corrected chi connectivity index (χ3v) is 5.30. The number of aliphatic hydroxyl groups is 1. The first-order chi connectivity index (χ1) is 7.80. The number of halogens is 3. The summed E-state index contributed by atoms with van der Waals surface area (Å²) >= 11 is 8.69. The molecule has 1 rings (SSSR count). The molecule has 17 heavy (non-hydrogen) atoms. The van der Waals surface area contributed by atoms with Gasteiger partial charge in [-0.05, 0) is 28.1 Å². The average Bonchev–Trinajstić information content (AvgIpc) is 2.15. The van der Waals surface area contributed by atoms with Crippen LogP contribution in [-0.2, 0) is 10.0 Å². The third-order valence-electron chi connectivity index (χ3n) is 2.05. The van der Waals surface area contributed by atoms with E-state index in [0.717, 1.165) is 16.4 Å². The molecule has 0 unspecified atom stereocenters. The van der Waals surface area contributed by atoms with Crippen molar-refractivity contribution in [2.45, 2.75) is 4.90 Å². The van der Waals surface area contributed by atoms with Gasteiger partial charge in [0.2, 0.25) is 10.0 Å². The van der Waals surface area contributed by atoms with Gasteiger partial charge in [0, 0.05) is 18.1 Å². The minimum atomic E-state index is -3.85. The molecule has 96 valence electrons. The molecule has 1 aromatic carbocycles. The summed E-state index contributed by atoms with van der Waals surface area (Å²) in [6.45, 7) is -0.380. The zero-order valence-electron chi connectivity index (χ0n) is 8.82. The molecule has 0 heterocycles. The van der Waals surface area contributed by atoms with Gasteiger partial charge in [-0.1, -0.05) is 11.6 Å². The van der Waals surface area contributed by atoms with E-state index in [4.69, 9.17) is 16.7 Å². The van der Waals surface area contributed by atoms with Crippen molar-refractivity contribution in [2.75, 3.05) is 20.2 Å². The highest BCUT2D eigenvalue weighted by Gasteiger charge is 2.26. The minimum Gasteiger partial charge on any atom is -0.395 e. The van der Waals surface area contributed by atoms with Crippen LogP contribution in [0.2, 0.25) is 5.02 Å². The SMILES string of the molecule is CN(CCO)S(=O)(=O)c1c(Cl)cc(F)cc1Br. The largest absolute Gasteiger partial charge is 0.395 e. The van der Waals surface area contributed by atoms with Crippen LogP contribution >= 0.6 is 27.5 Å². The maximum absolute atomic E-state index is 13.0. The van der Waals surface area contributed by atoms with Gasteiger partial charge in [-0.25, -0.2) is 12.8 Å². The third kappa shape index (κ3) is 3.17. The second kappa shape index (κ2) is 5.62. The second-order valence-corrected chi connectivity index (χ2v) is 6.49. The zero-order chi connectivity index (χ0) is 13.2. The maximum atomic E-state index is 13.0. The Kier molecular flexibility index (Phi) is 4.91. The van der Waals surface area contributed by atoms with Gasteiger partial charge in [0.15, 0.2) is 0 Å². The summed E-state index contributed by atoms with van der Waals surface area (Å²) in [5.41, 5.74) is 0. The Morgan fingerprint density at radius 3 is 2.59 bits per heavy atom. The molecule has 1 N–H and O–H groups in total. The van der Waals surface area contributed by atoms with Gasteiger partial charge in [-0.15, -0.1) is 0 Å². The molecule has 8 heteroatoms. The molecular weight excluding hydrogens is 337 g/mol. The smallest absolute Gasteiger partial charge is 0.245 e. The van der Waals surface area contributed by atoms with Crippen LogP contribution in [0.1, 0.15) is 0 Å². The predicted molar refractivity (Wildman–Crippen MR) is 66.0 cm³/mol. The van der Waals surface area contributed by atoms with E-state index in [1.165, 1.54) is 7.05 Å². The highest BCUT2D eigenvalue weighted by molar-refractivity contribution is 9.10. The fraction of sp³-hybridized carbons (Fsp3) is 0.333. The second-order valence-electron chi connectivity index (χ2n) is 3.25. The zero-order valence-corrected chi connectivity index (χ0v) is 12.0. The van der Waals surface area contributed by atoms with Crippen LogP contribution in [0.3, 0.4) is 0 Å². The quantitative estimate of drug-likeness (QED) is 0.905. The van der Waals surface area contributed by atoms with Gasteiger partial charge in [0.05, 0.1) is 11.6 Å². The van der Waals surface area contributed by atoms with Gasteiger partial charge in [0.1, 0.15) is 10.7 Å². The van der Waals surface area contributed by atoms with Crippen LogP contribution in [0.15, 0.2) is 21.5 Å². The number of hydrogen-bond acceptors (Lipinski definition) is 3. The van der Waals surface area contributed by atoms with Gasteiger partial charge in [-0.3, -0.25) is 0 Å². The standard InChI is InChI=1S/C9H10BrClFNO3S/c1-13(2-3-14)17(15,16)9-7(10)4-6(12)5-8(9)11/h4-5,14H,2-3H2,1H3. The van der Waals surface area contributed by atoms with E-state index in [2.05, 4.69) is 15.9 Å². The number of benzene rings is 1. The molecule has 0 spiro atoms. The first-order valence-corrected chi connectivity index (χ1v) is 7.13. The summed E-state index contributed by atoms with van der Waals surface area (Å²) in [7, 11) is -2.55. The van der Waals surface area contributed by atoms with Crippen molar-refractivity contribution in [3.63, 3.8) is 0 Å². The minimum absolute atomic E-state index is 0.0484. The molecule has 0 amide bonds. The van der Waals surface area contributed by atoms with E-state index in [1.807, 2.05) is 0 Å². The highest BCUT2D eigenvalue weighted by atomic mass is 79.9. The molecule has 0 saturated heterocycles. The topological polar surface area (TPSA) is 57.6 Å². The summed E-state index contributed by atoms with van der Waals surface area (Å²) in [6.07, 6.45) is 0. The fourth-order valence-corrected chi connectivity index (χ4v) is 4.10. The average molecular weight is 347 g/mol. The highest BCUT2D eigenvalue weighted by Crippen LogP contribution is 2.32. The lowest BCUT2D eigenvalue weighted by Crippen LogP contribution is -2.30. The van der Waals surface area contributed by atoms with Crippen molar-refractivity contribution < 1.29 is 17.9 Å². The van der Waals surface area contributed by atoms with Crippen molar-refractivity contribution in [2.24, 2.45) is 0 Å². The Balaban J connectivity index is 3.34. The van der Waals surface area contributed by atoms with Gasteiger partial charge < -0.3 is 5.11 Å². The van der Waals surface area contributed by atoms with Crippen LogP contribution in [0.25, 0.3) is 0 Å². The normalized spacial score (nSPS) is 12.1. The number of likely N-dealkylation sites (N-methyl/N-ethyl adjacent to an activating group) is 1. The number of nitrogens with zero attached hydrogens (tertiary/aromatic N) is 1. The van der Waals surface area contributed by atoms with E-state index in [-0.39, 0.29) is 27.5 Å². The molecule has 4 nitrogen and oxygen atoms in total. The van der Waals surface area contributed by atoms with Crippen molar-refractivity contribution >= 4 is 37.6 Å². The Hall–Kier alpha value is -0.210. The Morgan fingerprint density at radius 1 is 1.53 bits per heavy atom. The predicted octanol–water partition coefficient (Wildman–Crippen LogP) is 1.85.